The maximum atomic E-state index is 13.2. The van der Waals surface area contributed by atoms with Crippen molar-refractivity contribution in [3.05, 3.63) is 35.1 Å². The Kier molecular flexibility index (Phi) is 5.11. The van der Waals surface area contributed by atoms with Crippen molar-refractivity contribution in [3.8, 4) is 6.07 Å². The van der Waals surface area contributed by atoms with E-state index in [1.807, 2.05) is 6.07 Å². The number of hydrogen-bond acceptors (Lipinski definition) is 2. The predicted octanol–water partition coefficient (Wildman–Crippen LogP) is 3.22. The number of halogens is 1. The molecule has 0 saturated heterocycles. The molecule has 0 amide bonds. The largest absolute Gasteiger partial charge is 0.310 e. The molecular formula is C14H19FN2. The molecule has 0 aliphatic carbocycles. The molecule has 0 spiro atoms. The second-order valence-corrected chi connectivity index (χ2v) is 4.60. The Morgan fingerprint density at radius 1 is 1.35 bits per heavy atom. The molecule has 0 saturated carbocycles. The van der Waals surface area contributed by atoms with E-state index in [9.17, 15) is 4.39 Å². The van der Waals surface area contributed by atoms with Crippen LogP contribution in [0.3, 0.4) is 0 Å². The summed E-state index contributed by atoms with van der Waals surface area (Å²) >= 11 is 0. The summed E-state index contributed by atoms with van der Waals surface area (Å²) in [6.07, 6.45) is 1.04. The van der Waals surface area contributed by atoms with Crippen LogP contribution in [0.2, 0.25) is 0 Å². The molecule has 0 aliphatic heterocycles. The third-order valence-corrected chi connectivity index (χ3v) is 2.90. The highest BCUT2D eigenvalue weighted by Gasteiger charge is 2.10. The summed E-state index contributed by atoms with van der Waals surface area (Å²) in [4.78, 5) is 0. The van der Waals surface area contributed by atoms with E-state index in [-0.39, 0.29) is 5.82 Å². The van der Waals surface area contributed by atoms with Gasteiger partial charge >= 0.3 is 0 Å². The topological polar surface area (TPSA) is 35.8 Å². The van der Waals surface area contributed by atoms with Crippen LogP contribution in [0.1, 0.15) is 38.3 Å². The maximum Gasteiger partial charge on any atom is 0.124 e. The first-order valence-electron chi connectivity index (χ1n) is 5.99. The van der Waals surface area contributed by atoms with Crippen LogP contribution >= 0.6 is 0 Å². The van der Waals surface area contributed by atoms with Crippen molar-refractivity contribution in [2.75, 3.05) is 0 Å². The molecule has 1 rings (SSSR count). The third-order valence-electron chi connectivity index (χ3n) is 2.90. The van der Waals surface area contributed by atoms with Gasteiger partial charge in [-0.05, 0) is 36.1 Å². The molecule has 0 radical (unpaired) electrons. The second kappa shape index (κ2) is 6.36. The highest BCUT2D eigenvalue weighted by molar-refractivity contribution is 5.33. The van der Waals surface area contributed by atoms with Gasteiger partial charge in [-0.15, -0.1) is 0 Å². The number of benzene rings is 1. The lowest BCUT2D eigenvalue weighted by Gasteiger charge is -2.20. The zero-order valence-corrected chi connectivity index (χ0v) is 10.6. The average Bonchev–Trinajstić information content (AvgIpc) is 2.28. The van der Waals surface area contributed by atoms with Gasteiger partial charge in [-0.25, -0.2) is 4.39 Å². The molecule has 1 aromatic carbocycles. The van der Waals surface area contributed by atoms with E-state index in [1.54, 1.807) is 6.07 Å². The summed E-state index contributed by atoms with van der Waals surface area (Å²) in [5, 5.41) is 12.1. The molecule has 0 aliphatic rings. The normalized spacial score (nSPS) is 12.5. The maximum absolute atomic E-state index is 13.2. The van der Waals surface area contributed by atoms with Gasteiger partial charge in [0.1, 0.15) is 5.82 Å². The van der Waals surface area contributed by atoms with Gasteiger partial charge in [-0.3, -0.25) is 0 Å². The first-order chi connectivity index (χ1) is 8.06. The van der Waals surface area contributed by atoms with Crippen LogP contribution in [0.15, 0.2) is 18.2 Å². The lowest BCUT2D eigenvalue weighted by atomic mass is 10.0. The van der Waals surface area contributed by atoms with Crippen LogP contribution in [-0.4, -0.2) is 6.04 Å². The van der Waals surface area contributed by atoms with Crippen LogP contribution in [0.5, 0.6) is 0 Å². The van der Waals surface area contributed by atoms with Crippen molar-refractivity contribution in [2.45, 2.75) is 39.8 Å². The molecule has 1 unspecified atom stereocenters. The summed E-state index contributed by atoms with van der Waals surface area (Å²) in [6, 6.07) is 6.84. The van der Waals surface area contributed by atoms with Gasteiger partial charge in [0.15, 0.2) is 0 Å². The number of nitrogens with one attached hydrogen (secondary N) is 1. The van der Waals surface area contributed by atoms with Crippen molar-refractivity contribution in [3.63, 3.8) is 0 Å². The van der Waals surface area contributed by atoms with Gasteiger partial charge in [0, 0.05) is 12.6 Å². The highest BCUT2D eigenvalue weighted by Crippen LogP contribution is 2.11. The molecule has 2 nitrogen and oxygen atoms in total. The fraction of sp³-hybridized carbons (Fsp3) is 0.500. The van der Waals surface area contributed by atoms with Crippen LogP contribution in [0.4, 0.5) is 4.39 Å². The lowest BCUT2D eigenvalue weighted by Crippen LogP contribution is -2.32. The Morgan fingerprint density at radius 3 is 2.59 bits per heavy atom. The molecule has 0 bridgehead atoms. The summed E-state index contributed by atoms with van der Waals surface area (Å²) in [7, 11) is 0. The van der Waals surface area contributed by atoms with Gasteiger partial charge in [0.05, 0.1) is 11.6 Å². The minimum Gasteiger partial charge on any atom is -0.310 e. The number of hydrogen-bond donors (Lipinski definition) is 1. The monoisotopic (exact) mass is 234 g/mol. The molecule has 1 aromatic rings. The zero-order chi connectivity index (χ0) is 12.8. The van der Waals surface area contributed by atoms with E-state index in [0.29, 0.717) is 24.1 Å². The van der Waals surface area contributed by atoms with E-state index in [0.717, 1.165) is 12.0 Å². The number of nitrogens with zero attached hydrogens (tertiary/aromatic N) is 1. The van der Waals surface area contributed by atoms with Crippen molar-refractivity contribution in [1.29, 1.82) is 5.26 Å². The van der Waals surface area contributed by atoms with Crippen LogP contribution in [0, 0.1) is 23.1 Å². The Bertz CT molecular complexity index is 407. The average molecular weight is 234 g/mol. The highest BCUT2D eigenvalue weighted by atomic mass is 19.1. The predicted molar refractivity (Wildman–Crippen MR) is 66.9 cm³/mol. The Balaban J connectivity index is 2.69. The van der Waals surface area contributed by atoms with Crippen LogP contribution < -0.4 is 5.32 Å². The number of nitriles is 1. The quantitative estimate of drug-likeness (QED) is 0.849. The fourth-order valence-electron chi connectivity index (χ4n) is 1.92. The van der Waals surface area contributed by atoms with Crippen LogP contribution in [-0.2, 0) is 6.54 Å². The molecule has 0 fully saturated rings. The molecule has 3 heteroatoms. The standard InChI is InChI=1S/C14H19FN2/c1-4-14(10(2)3)17-9-12-5-11(8-16)6-13(15)7-12/h5-7,10,14,17H,4,9H2,1-3H3. The van der Waals surface area contributed by atoms with E-state index in [1.165, 1.54) is 12.1 Å². The first kappa shape index (κ1) is 13.7. The zero-order valence-electron chi connectivity index (χ0n) is 10.6. The van der Waals surface area contributed by atoms with Gasteiger partial charge in [-0.1, -0.05) is 20.8 Å². The van der Waals surface area contributed by atoms with Crippen molar-refractivity contribution in [1.82, 2.24) is 5.32 Å². The van der Waals surface area contributed by atoms with E-state index in [4.69, 9.17) is 5.26 Å². The van der Waals surface area contributed by atoms with Gasteiger partial charge in [-0.2, -0.15) is 5.26 Å². The molecule has 1 N–H and O–H groups in total. The molecule has 1 atom stereocenters. The van der Waals surface area contributed by atoms with Crippen molar-refractivity contribution < 1.29 is 4.39 Å². The first-order valence-corrected chi connectivity index (χ1v) is 5.99. The van der Waals surface area contributed by atoms with Crippen molar-refractivity contribution in [2.24, 2.45) is 5.92 Å². The summed E-state index contributed by atoms with van der Waals surface area (Å²) < 4.78 is 13.2. The second-order valence-electron chi connectivity index (χ2n) is 4.60. The Hall–Kier alpha value is -1.40. The molecular weight excluding hydrogens is 215 g/mol. The van der Waals surface area contributed by atoms with E-state index in [2.05, 4.69) is 26.1 Å². The molecule has 17 heavy (non-hydrogen) atoms. The molecule has 0 aromatic heterocycles. The minimum atomic E-state index is -0.349. The van der Waals surface area contributed by atoms with Crippen LogP contribution in [0.25, 0.3) is 0 Å². The molecule has 92 valence electrons. The summed E-state index contributed by atoms with van der Waals surface area (Å²) in [5.74, 6) is 0.197. The van der Waals surface area contributed by atoms with Crippen molar-refractivity contribution >= 4 is 0 Å². The van der Waals surface area contributed by atoms with E-state index >= 15 is 0 Å². The Morgan fingerprint density at radius 2 is 2.06 bits per heavy atom. The van der Waals surface area contributed by atoms with Gasteiger partial charge in [0.2, 0.25) is 0 Å². The Labute approximate surface area is 102 Å². The smallest absolute Gasteiger partial charge is 0.124 e. The minimum absolute atomic E-state index is 0.349. The number of rotatable bonds is 5. The third kappa shape index (κ3) is 4.16. The lowest BCUT2D eigenvalue weighted by molar-refractivity contribution is 0.387. The van der Waals surface area contributed by atoms with E-state index < -0.39 is 0 Å². The fourth-order valence-corrected chi connectivity index (χ4v) is 1.92. The molecule has 0 heterocycles. The van der Waals surface area contributed by atoms with Gasteiger partial charge < -0.3 is 5.32 Å². The summed E-state index contributed by atoms with van der Waals surface area (Å²) in [6.45, 7) is 7.05. The SMILES string of the molecule is CCC(NCc1cc(F)cc(C#N)c1)C(C)C. The summed E-state index contributed by atoms with van der Waals surface area (Å²) in [5.41, 5.74) is 1.19. The van der Waals surface area contributed by atoms with Gasteiger partial charge in [0.25, 0.3) is 0 Å².